The molecule has 0 aliphatic rings. The predicted molar refractivity (Wildman–Crippen MR) is 78.1 cm³/mol. The fourth-order valence-corrected chi connectivity index (χ4v) is 2.32. The zero-order valence-corrected chi connectivity index (χ0v) is 10.6. The second-order valence-corrected chi connectivity index (χ2v) is 4.49. The number of hydrogen-bond donors (Lipinski definition) is 0. The van der Waals surface area contributed by atoms with Gasteiger partial charge in [0.25, 0.3) is 0 Å². The molecule has 2 heterocycles. The Morgan fingerprint density at radius 1 is 0.750 bits per heavy atom. The molecule has 0 amide bonds. The molecule has 2 aromatic heterocycles. The van der Waals surface area contributed by atoms with Crippen molar-refractivity contribution in [3.05, 3.63) is 61.1 Å². The molecule has 2 aromatic carbocycles. The maximum atomic E-state index is 4.51. The Morgan fingerprint density at radius 3 is 2.60 bits per heavy atom. The minimum Gasteiger partial charge on any atom is -0.250 e. The van der Waals surface area contributed by atoms with Crippen LogP contribution in [0.2, 0.25) is 0 Å². The van der Waals surface area contributed by atoms with Gasteiger partial charge in [-0.25, -0.2) is 19.9 Å². The monoisotopic (exact) mass is 258 g/mol. The zero-order valence-electron chi connectivity index (χ0n) is 10.6. The van der Waals surface area contributed by atoms with Gasteiger partial charge in [-0.2, -0.15) is 0 Å². The van der Waals surface area contributed by atoms with Crippen molar-refractivity contribution in [3.8, 4) is 11.4 Å². The van der Waals surface area contributed by atoms with Crippen LogP contribution in [0.5, 0.6) is 0 Å². The lowest BCUT2D eigenvalue weighted by Crippen LogP contribution is -1.93. The molecule has 0 aliphatic carbocycles. The Hall–Kier alpha value is -2.88. The molecule has 94 valence electrons. The molecule has 0 spiro atoms. The van der Waals surface area contributed by atoms with Crippen molar-refractivity contribution in [3.63, 3.8) is 0 Å². The topological polar surface area (TPSA) is 51.6 Å². The van der Waals surface area contributed by atoms with E-state index in [1.54, 1.807) is 18.6 Å². The van der Waals surface area contributed by atoms with Crippen LogP contribution in [0.25, 0.3) is 33.3 Å². The lowest BCUT2D eigenvalue weighted by atomic mass is 10.0. The molecule has 20 heavy (non-hydrogen) atoms. The second-order valence-electron chi connectivity index (χ2n) is 4.49. The summed E-state index contributed by atoms with van der Waals surface area (Å²) in [6.07, 6.45) is 5.00. The van der Waals surface area contributed by atoms with Gasteiger partial charge in [-0.3, -0.25) is 0 Å². The molecule has 0 atom stereocenters. The Balaban J connectivity index is 2.01. The molecule has 0 N–H and O–H groups in total. The van der Waals surface area contributed by atoms with Crippen LogP contribution in [-0.2, 0) is 0 Å². The normalized spacial score (nSPS) is 11.0. The van der Waals surface area contributed by atoms with Gasteiger partial charge in [-0.1, -0.05) is 42.5 Å². The summed E-state index contributed by atoms with van der Waals surface area (Å²) in [6, 6.07) is 14.3. The smallest absolute Gasteiger partial charge is 0.181 e. The van der Waals surface area contributed by atoms with Crippen LogP contribution in [0.3, 0.4) is 0 Å². The van der Waals surface area contributed by atoms with E-state index in [0.717, 1.165) is 10.9 Å². The summed E-state index contributed by atoms with van der Waals surface area (Å²) in [7, 11) is 0. The average molecular weight is 258 g/mol. The lowest BCUT2D eigenvalue weighted by Gasteiger charge is -2.05. The van der Waals surface area contributed by atoms with Crippen LogP contribution in [0.1, 0.15) is 0 Å². The Morgan fingerprint density at radius 2 is 1.60 bits per heavy atom. The molecule has 4 aromatic rings. The lowest BCUT2D eigenvalue weighted by molar-refractivity contribution is 1.15. The van der Waals surface area contributed by atoms with Crippen molar-refractivity contribution in [1.82, 2.24) is 19.9 Å². The van der Waals surface area contributed by atoms with Crippen LogP contribution in [0.15, 0.2) is 61.1 Å². The Kier molecular flexibility index (Phi) is 2.39. The molecule has 4 rings (SSSR count). The summed E-state index contributed by atoms with van der Waals surface area (Å²) in [5.74, 6) is 0.676. The summed E-state index contributed by atoms with van der Waals surface area (Å²) in [5, 5.41) is 2.31. The third-order valence-corrected chi connectivity index (χ3v) is 3.26. The van der Waals surface area contributed by atoms with E-state index in [0.29, 0.717) is 17.0 Å². The van der Waals surface area contributed by atoms with Crippen LogP contribution >= 0.6 is 0 Å². The highest BCUT2D eigenvalue weighted by Gasteiger charge is 2.07. The minimum absolute atomic E-state index is 0.616. The molecule has 4 heteroatoms. The van der Waals surface area contributed by atoms with Gasteiger partial charge in [0.1, 0.15) is 5.52 Å². The van der Waals surface area contributed by atoms with Crippen molar-refractivity contribution in [2.75, 3.05) is 0 Å². The van der Waals surface area contributed by atoms with Gasteiger partial charge in [0.05, 0.1) is 6.20 Å². The first-order valence-corrected chi connectivity index (χ1v) is 6.34. The van der Waals surface area contributed by atoms with Gasteiger partial charge in [0.15, 0.2) is 11.5 Å². The van der Waals surface area contributed by atoms with E-state index in [9.17, 15) is 0 Å². The van der Waals surface area contributed by atoms with Crippen LogP contribution in [0, 0.1) is 0 Å². The molecular formula is C16H10N4. The van der Waals surface area contributed by atoms with E-state index in [4.69, 9.17) is 0 Å². The molecule has 0 saturated heterocycles. The standard InChI is InChI=1S/C16H10N4/c1-2-6-12-11(4-1)5-3-7-13(12)15-19-10-14-16(20-15)18-9-8-17-14/h1-10H. The highest BCUT2D eigenvalue weighted by Crippen LogP contribution is 2.26. The number of aromatic nitrogens is 4. The van der Waals surface area contributed by atoms with Crippen molar-refractivity contribution in [1.29, 1.82) is 0 Å². The number of benzene rings is 2. The van der Waals surface area contributed by atoms with Crippen LogP contribution in [-0.4, -0.2) is 19.9 Å². The van der Waals surface area contributed by atoms with Gasteiger partial charge in [-0.15, -0.1) is 0 Å². The van der Waals surface area contributed by atoms with Crippen LogP contribution < -0.4 is 0 Å². The summed E-state index contributed by atoms with van der Waals surface area (Å²) in [4.78, 5) is 17.3. The van der Waals surface area contributed by atoms with Crippen molar-refractivity contribution < 1.29 is 0 Å². The molecule has 0 unspecified atom stereocenters. The third kappa shape index (κ3) is 1.70. The van der Waals surface area contributed by atoms with Gasteiger partial charge >= 0.3 is 0 Å². The number of rotatable bonds is 1. The Labute approximate surface area is 115 Å². The number of fused-ring (bicyclic) bond motifs is 2. The summed E-state index contributed by atoms with van der Waals surface area (Å²) in [6.45, 7) is 0. The van der Waals surface area contributed by atoms with Gasteiger partial charge in [0.2, 0.25) is 0 Å². The zero-order chi connectivity index (χ0) is 13.4. The first-order chi connectivity index (χ1) is 9.92. The van der Waals surface area contributed by atoms with Crippen LogP contribution in [0.4, 0.5) is 0 Å². The van der Waals surface area contributed by atoms with Gasteiger partial charge in [-0.05, 0) is 10.8 Å². The Bertz CT molecular complexity index is 913. The van der Waals surface area contributed by atoms with E-state index in [1.165, 1.54) is 5.39 Å². The van der Waals surface area contributed by atoms with E-state index in [2.05, 4.69) is 38.1 Å². The van der Waals surface area contributed by atoms with Crippen molar-refractivity contribution in [2.24, 2.45) is 0 Å². The van der Waals surface area contributed by atoms with Gasteiger partial charge in [0, 0.05) is 18.0 Å². The van der Waals surface area contributed by atoms with Crippen molar-refractivity contribution in [2.45, 2.75) is 0 Å². The molecule has 0 radical (unpaired) electrons. The highest BCUT2D eigenvalue weighted by molar-refractivity contribution is 5.95. The third-order valence-electron chi connectivity index (χ3n) is 3.26. The van der Waals surface area contributed by atoms with E-state index in [-0.39, 0.29) is 0 Å². The average Bonchev–Trinajstić information content (AvgIpc) is 2.54. The minimum atomic E-state index is 0.616. The number of nitrogens with zero attached hydrogens (tertiary/aromatic N) is 4. The summed E-state index contributed by atoms with van der Waals surface area (Å²) in [5.41, 5.74) is 2.33. The first kappa shape index (κ1) is 11.0. The van der Waals surface area contributed by atoms with Gasteiger partial charge < -0.3 is 0 Å². The largest absolute Gasteiger partial charge is 0.250 e. The number of hydrogen-bond acceptors (Lipinski definition) is 4. The SMILES string of the molecule is c1ccc2c(-c3ncc4nccnc4n3)cccc2c1. The molecule has 0 aliphatic heterocycles. The molecule has 0 bridgehead atoms. The maximum absolute atomic E-state index is 4.51. The van der Waals surface area contributed by atoms with E-state index < -0.39 is 0 Å². The molecule has 0 fully saturated rings. The molecule has 0 saturated carbocycles. The maximum Gasteiger partial charge on any atom is 0.181 e. The molecular weight excluding hydrogens is 248 g/mol. The van der Waals surface area contributed by atoms with E-state index in [1.807, 2.05) is 24.3 Å². The molecule has 4 nitrogen and oxygen atoms in total. The van der Waals surface area contributed by atoms with Crippen molar-refractivity contribution >= 4 is 21.9 Å². The first-order valence-electron chi connectivity index (χ1n) is 6.34. The summed E-state index contributed by atoms with van der Waals surface area (Å²) >= 11 is 0. The van der Waals surface area contributed by atoms with E-state index >= 15 is 0 Å². The second kappa shape index (κ2) is 4.35. The fraction of sp³-hybridized carbons (Fsp3) is 0. The fourth-order valence-electron chi connectivity index (χ4n) is 2.32. The predicted octanol–water partition coefficient (Wildman–Crippen LogP) is 3.24. The quantitative estimate of drug-likeness (QED) is 0.526. The highest BCUT2D eigenvalue weighted by atomic mass is 15.0. The summed E-state index contributed by atoms with van der Waals surface area (Å²) < 4.78 is 0.